The summed E-state index contributed by atoms with van der Waals surface area (Å²) in [5, 5.41) is 10.4. The quantitative estimate of drug-likeness (QED) is 0.568. The summed E-state index contributed by atoms with van der Waals surface area (Å²) in [6.07, 6.45) is 6.78. The average molecular weight is 180 g/mol. The minimum absolute atomic E-state index is 0.373. The van der Waals surface area contributed by atoms with Gasteiger partial charge in [-0.2, -0.15) is 0 Å². The Labute approximate surface area is 80.8 Å². The van der Waals surface area contributed by atoms with Gasteiger partial charge in [-0.15, -0.1) is 0 Å². The Morgan fingerprint density at radius 3 is 2.85 bits per heavy atom. The van der Waals surface area contributed by atoms with E-state index in [1.165, 1.54) is 24.8 Å². The SMILES string of the molecule is C=C1C(C)CCC2(O)CCCCC12. The van der Waals surface area contributed by atoms with Gasteiger partial charge in [0, 0.05) is 5.92 Å². The fourth-order valence-corrected chi connectivity index (χ4v) is 3.05. The van der Waals surface area contributed by atoms with Crippen LogP contribution in [-0.4, -0.2) is 10.7 Å². The summed E-state index contributed by atoms with van der Waals surface area (Å²) in [6, 6.07) is 0. The number of hydrogen-bond acceptors (Lipinski definition) is 1. The largest absolute Gasteiger partial charge is 0.389 e. The number of rotatable bonds is 0. The Morgan fingerprint density at radius 2 is 2.08 bits per heavy atom. The van der Waals surface area contributed by atoms with Gasteiger partial charge in [-0.05, 0) is 31.6 Å². The lowest BCUT2D eigenvalue weighted by atomic mass is 9.62. The van der Waals surface area contributed by atoms with Gasteiger partial charge in [-0.3, -0.25) is 0 Å². The van der Waals surface area contributed by atoms with E-state index in [0.717, 1.165) is 19.3 Å². The maximum absolute atomic E-state index is 10.4. The van der Waals surface area contributed by atoms with Gasteiger partial charge in [-0.1, -0.05) is 31.9 Å². The molecule has 2 fully saturated rings. The molecule has 0 heterocycles. The Hall–Kier alpha value is -0.300. The fraction of sp³-hybridized carbons (Fsp3) is 0.833. The van der Waals surface area contributed by atoms with Gasteiger partial charge >= 0.3 is 0 Å². The van der Waals surface area contributed by atoms with E-state index < -0.39 is 0 Å². The Balaban J connectivity index is 2.20. The van der Waals surface area contributed by atoms with Crippen molar-refractivity contribution in [3.05, 3.63) is 12.2 Å². The fourth-order valence-electron chi connectivity index (χ4n) is 3.05. The third-order valence-corrected chi connectivity index (χ3v) is 4.09. The van der Waals surface area contributed by atoms with E-state index in [-0.39, 0.29) is 5.60 Å². The van der Waals surface area contributed by atoms with Crippen molar-refractivity contribution < 1.29 is 5.11 Å². The van der Waals surface area contributed by atoms with Gasteiger partial charge < -0.3 is 5.11 Å². The van der Waals surface area contributed by atoms with Gasteiger partial charge in [0.1, 0.15) is 0 Å². The monoisotopic (exact) mass is 180 g/mol. The molecular weight excluding hydrogens is 160 g/mol. The average Bonchev–Trinajstić information content (AvgIpc) is 2.12. The van der Waals surface area contributed by atoms with E-state index >= 15 is 0 Å². The molecular formula is C12H20O. The van der Waals surface area contributed by atoms with Crippen molar-refractivity contribution >= 4 is 0 Å². The van der Waals surface area contributed by atoms with Gasteiger partial charge in [0.25, 0.3) is 0 Å². The highest BCUT2D eigenvalue weighted by Gasteiger charge is 2.44. The van der Waals surface area contributed by atoms with E-state index in [4.69, 9.17) is 0 Å². The maximum atomic E-state index is 10.4. The first-order chi connectivity index (χ1) is 6.13. The van der Waals surface area contributed by atoms with Crippen molar-refractivity contribution in [2.45, 2.75) is 51.0 Å². The predicted molar refractivity (Wildman–Crippen MR) is 54.4 cm³/mol. The van der Waals surface area contributed by atoms with Crippen molar-refractivity contribution in [1.29, 1.82) is 0 Å². The molecule has 3 atom stereocenters. The number of hydrogen-bond donors (Lipinski definition) is 1. The molecule has 0 aromatic carbocycles. The normalized spacial score (nSPS) is 45.8. The molecule has 13 heavy (non-hydrogen) atoms. The summed E-state index contributed by atoms with van der Waals surface area (Å²) in [7, 11) is 0. The molecule has 0 aromatic heterocycles. The summed E-state index contributed by atoms with van der Waals surface area (Å²) < 4.78 is 0. The van der Waals surface area contributed by atoms with Crippen molar-refractivity contribution in [1.82, 2.24) is 0 Å². The highest BCUT2D eigenvalue weighted by atomic mass is 16.3. The van der Waals surface area contributed by atoms with Crippen LogP contribution in [0.4, 0.5) is 0 Å². The Bertz CT molecular complexity index is 221. The minimum Gasteiger partial charge on any atom is -0.389 e. The molecule has 2 rings (SSSR count). The van der Waals surface area contributed by atoms with Gasteiger partial charge in [0.05, 0.1) is 5.60 Å². The zero-order valence-electron chi connectivity index (χ0n) is 8.55. The van der Waals surface area contributed by atoms with Crippen LogP contribution in [0.15, 0.2) is 12.2 Å². The van der Waals surface area contributed by atoms with E-state index in [0.29, 0.717) is 11.8 Å². The lowest BCUT2D eigenvalue weighted by molar-refractivity contribution is -0.0602. The molecule has 0 aromatic rings. The lowest BCUT2D eigenvalue weighted by Gasteiger charge is -2.47. The number of fused-ring (bicyclic) bond motifs is 1. The standard InChI is InChI=1S/C12H20O/c1-9-6-8-12(13)7-4-3-5-11(12)10(9)2/h9,11,13H,2-8H2,1H3. The van der Waals surface area contributed by atoms with Crippen LogP contribution in [0.2, 0.25) is 0 Å². The molecule has 74 valence electrons. The molecule has 0 amide bonds. The Morgan fingerprint density at radius 1 is 1.31 bits per heavy atom. The van der Waals surface area contributed by atoms with Gasteiger partial charge in [-0.25, -0.2) is 0 Å². The van der Waals surface area contributed by atoms with E-state index in [9.17, 15) is 5.11 Å². The van der Waals surface area contributed by atoms with E-state index in [1.54, 1.807) is 0 Å². The van der Waals surface area contributed by atoms with Crippen molar-refractivity contribution in [3.63, 3.8) is 0 Å². The van der Waals surface area contributed by atoms with E-state index in [2.05, 4.69) is 13.5 Å². The second kappa shape index (κ2) is 3.13. The molecule has 0 bridgehead atoms. The number of aliphatic hydroxyl groups is 1. The van der Waals surface area contributed by atoms with Crippen LogP contribution < -0.4 is 0 Å². The summed E-state index contributed by atoms with van der Waals surface area (Å²) in [5.74, 6) is 1.04. The zero-order valence-corrected chi connectivity index (χ0v) is 8.55. The van der Waals surface area contributed by atoms with Crippen LogP contribution in [0.25, 0.3) is 0 Å². The van der Waals surface area contributed by atoms with Crippen LogP contribution in [0, 0.1) is 11.8 Å². The molecule has 1 nitrogen and oxygen atoms in total. The summed E-state index contributed by atoms with van der Waals surface area (Å²) >= 11 is 0. The third-order valence-electron chi connectivity index (χ3n) is 4.09. The lowest BCUT2D eigenvalue weighted by Crippen LogP contribution is -2.45. The second-order valence-corrected chi connectivity index (χ2v) is 4.92. The van der Waals surface area contributed by atoms with Gasteiger partial charge in [0.2, 0.25) is 0 Å². The highest BCUT2D eigenvalue weighted by Crippen LogP contribution is 2.47. The first-order valence-electron chi connectivity index (χ1n) is 5.54. The first kappa shape index (κ1) is 9.26. The molecule has 1 heteroatoms. The summed E-state index contributed by atoms with van der Waals surface area (Å²) in [4.78, 5) is 0. The van der Waals surface area contributed by atoms with Crippen molar-refractivity contribution in [2.75, 3.05) is 0 Å². The zero-order chi connectivity index (χ0) is 9.47. The van der Waals surface area contributed by atoms with Crippen LogP contribution in [0.1, 0.15) is 45.4 Å². The molecule has 2 aliphatic rings. The van der Waals surface area contributed by atoms with Crippen molar-refractivity contribution in [2.24, 2.45) is 11.8 Å². The van der Waals surface area contributed by atoms with Crippen LogP contribution in [0.5, 0.6) is 0 Å². The molecule has 0 aliphatic heterocycles. The van der Waals surface area contributed by atoms with Crippen LogP contribution in [-0.2, 0) is 0 Å². The highest BCUT2D eigenvalue weighted by molar-refractivity contribution is 5.16. The van der Waals surface area contributed by atoms with E-state index in [1.807, 2.05) is 0 Å². The molecule has 2 aliphatic carbocycles. The summed E-state index contributed by atoms with van der Waals surface area (Å²) in [6.45, 7) is 6.41. The molecule has 0 saturated heterocycles. The second-order valence-electron chi connectivity index (χ2n) is 4.92. The molecule has 1 N–H and O–H groups in total. The topological polar surface area (TPSA) is 20.2 Å². The molecule has 2 saturated carbocycles. The maximum Gasteiger partial charge on any atom is 0.0713 e. The predicted octanol–water partition coefficient (Wildman–Crippen LogP) is 2.89. The molecule has 0 spiro atoms. The smallest absolute Gasteiger partial charge is 0.0713 e. The van der Waals surface area contributed by atoms with Crippen LogP contribution in [0.3, 0.4) is 0 Å². The summed E-state index contributed by atoms with van der Waals surface area (Å²) in [5.41, 5.74) is 0.940. The third kappa shape index (κ3) is 1.43. The molecule has 3 unspecified atom stereocenters. The van der Waals surface area contributed by atoms with Crippen LogP contribution >= 0.6 is 0 Å². The Kier molecular flexibility index (Phi) is 2.23. The molecule has 0 radical (unpaired) electrons. The van der Waals surface area contributed by atoms with Gasteiger partial charge in [0.15, 0.2) is 0 Å². The van der Waals surface area contributed by atoms with Crippen molar-refractivity contribution in [3.8, 4) is 0 Å². The first-order valence-corrected chi connectivity index (χ1v) is 5.54. The minimum atomic E-state index is -0.373.